The first-order valence-corrected chi connectivity index (χ1v) is 9.77. The van der Waals surface area contributed by atoms with E-state index in [-0.39, 0.29) is 36.0 Å². The van der Waals surface area contributed by atoms with E-state index in [1.54, 1.807) is 0 Å². The van der Waals surface area contributed by atoms with Crippen molar-refractivity contribution in [1.29, 1.82) is 4.78 Å². The Morgan fingerprint density at radius 1 is 1.31 bits per heavy atom. The van der Waals surface area contributed by atoms with E-state index in [2.05, 4.69) is 0 Å². The molecule has 2 saturated heterocycles. The number of hydrogen-bond acceptors (Lipinski definition) is 6. The van der Waals surface area contributed by atoms with E-state index in [4.69, 9.17) is 15.3 Å². The molecule has 0 bridgehead atoms. The third kappa shape index (κ3) is 3.18. The molecule has 142 valence electrons. The number of ether oxygens (including phenoxy) is 1. The van der Waals surface area contributed by atoms with Gasteiger partial charge in [0.05, 0.1) is 11.7 Å². The Hall–Kier alpha value is -2.43. The highest BCUT2D eigenvalue weighted by atomic mass is 32.2. The number of benzene rings is 1. The molecule has 8 nitrogen and oxygen atoms in total. The van der Waals surface area contributed by atoms with Gasteiger partial charge in [0.25, 0.3) is 5.91 Å². The Balaban J connectivity index is 1.91. The predicted molar refractivity (Wildman–Crippen MR) is 90.6 cm³/mol. The van der Waals surface area contributed by atoms with Crippen molar-refractivity contribution in [1.82, 2.24) is 0 Å². The fraction of sp³-hybridized carbons (Fsp3) is 0.467. The molecule has 2 atom stereocenters. The van der Waals surface area contributed by atoms with Crippen molar-refractivity contribution in [3.8, 4) is 0 Å². The molecule has 1 unspecified atom stereocenters. The van der Waals surface area contributed by atoms with Gasteiger partial charge in [-0.3, -0.25) is 14.5 Å². The second kappa shape index (κ2) is 6.38. The monoisotopic (exact) mass is 388 g/mol. The number of cyclic esters (lactones) is 1. The molecule has 3 N–H and O–H groups in total. The van der Waals surface area contributed by atoms with Gasteiger partial charge < -0.3 is 15.4 Å². The lowest BCUT2D eigenvalue weighted by Crippen LogP contribution is -2.41. The summed E-state index contributed by atoms with van der Waals surface area (Å²) in [5.74, 6) is -2.59. The Morgan fingerprint density at radius 2 is 1.85 bits per heavy atom. The summed E-state index contributed by atoms with van der Waals surface area (Å²) in [5.41, 5.74) is 4.77. The van der Waals surface area contributed by atoms with Gasteiger partial charge in [-0.15, -0.1) is 0 Å². The molecule has 2 amide bonds. The zero-order valence-electron chi connectivity index (χ0n) is 13.9. The number of nitrogens with zero attached hydrogens (tertiary/aromatic N) is 2. The minimum absolute atomic E-state index is 0.0312. The summed E-state index contributed by atoms with van der Waals surface area (Å²) >= 11 is 0. The van der Waals surface area contributed by atoms with Crippen LogP contribution in [0, 0.1) is 16.4 Å². The summed E-state index contributed by atoms with van der Waals surface area (Å²) in [6.45, 7) is 1.68. The van der Waals surface area contributed by atoms with Crippen LogP contribution in [0.3, 0.4) is 0 Å². The second-order valence-electron chi connectivity index (χ2n) is 6.28. The lowest BCUT2D eigenvalue weighted by atomic mass is 10.1. The fourth-order valence-corrected chi connectivity index (χ4v) is 4.38. The molecule has 2 fully saturated rings. The molecule has 0 aliphatic carbocycles. The summed E-state index contributed by atoms with van der Waals surface area (Å²) in [5, 5.41) is 0. The van der Waals surface area contributed by atoms with Crippen molar-refractivity contribution in [2.24, 2.45) is 5.73 Å². The van der Waals surface area contributed by atoms with Crippen molar-refractivity contribution in [3.05, 3.63) is 23.8 Å². The maximum absolute atomic E-state index is 14.6. The number of nitrogens with one attached hydrogen (secondary N) is 1. The quantitative estimate of drug-likeness (QED) is 0.802. The third-order valence-electron chi connectivity index (χ3n) is 4.53. The van der Waals surface area contributed by atoms with Crippen LogP contribution in [0.25, 0.3) is 0 Å². The molecule has 2 heterocycles. The summed E-state index contributed by atoms with van der Waals surface area (Å²) < 4.78 is 53.3. The number of carbonyl (C=O) groups excluding carboxylic acids is 2. The molecule has 1 aromatic carbocycles. The molecule has 11 heteroatoms. The van der Waals surface area contributed by atoms with Crippen molar-refractivity contribution >= 4 is 33.1 Å². The number of amides is 2. The first-order chi connectivity index (χ1) is 12.1. The van der Waals surface area contributed by atoms with Gasteiger partial charge in [0.1, 0.15) is 5.69 Å². The van der Waals surface area contributed by atoms with E-state index < -0.39 is 45.5 Å². The highest BCUT2D eigenvalue weighted by Crippen LogP contribution is 2.33. The standard InChI is InChI=1S/C15H18F2N4O4S/c1-8-13(14(18)22)25-15(23)21(8)9-6-10(16)12(11(17)7-9)20-2-4-26(19,24)5-3-20/h6-8,13,19H,2-5H2,1H3,(H2,18,22)/t8?,13-/m1/s1. The van der Waals surface area contributed by atoms with E-state index in [1.807, 2.05) is 0 Å². The van der Waals surface area contributed by atoms with Crippen LogP contribution in [0.2, 0.25) is 0 Å². The average Bonchev–Trinajstić information content (AvgIpc) is 2.83. The second-order valence-corrected chi connectivity index (χ2v) is 8.72. The van der Waals surface area contributed by atoms with Gasteiger partial charge in [0, 0.05) is 46.5 Å². The van der Waals surface area contributed by atoms with Crippen LogP contribution in [0.15, 0.2) is 12.1 Å². The maximum atomic E-state index is 14.6. The van der Waals surface area contributed by atoms with Crippen molar-refractivity contribution < 1.29 is 27.3 Å². The first-order valence-electron chi connectivity index (χ1n) is 7.88. The van der Waals surface area contributed by atoms with Crippen LogP contribution in [0.5, 0.6) is 0 Å². The molecule has 0 aromatic heterocycles. The molecule has 26 heavy (non-hydrogen) atoms. The minimum Gasteiger partial charge on any atom is -0.433 e. The summed E-state index contributed by atoms with van der Waals surface area (Å²) in [6.07, 6.45) is -2.12. The maximum Gasteiger partial charge on any atom is 0.415 e. The van der Waals surface area contributed by atoms with Crippen molar-refractivity contribution in [3.63, 3.8) is 0 Å². The largest absolute Gasteiger partial charge is 0.433 e. The van der Waals surface area contributed by atoms with Crippen molar-refractivity contribution in [2.75, 3.05) is 34.4 Å². The molecule has 2 aliphatic heterocycles. The highest BCUT2D eigenvalue weighted by Gasteiger charge is 2.43. The van der Waals surface area contributed by atoms with Crippen LogP contribution >= 0.6 is 0 Å². The van der Waals surface area contributed by atoms with Gasteiger partial charge in [-0.1, -0.05) is 0 Å². The zero-order valence-corrected chi connectivity index (χ0v) is 14.7. The summed E-state index contributed by atoms with van der Waals surface area (Å²) in [4.78, 5) is 25.6. The van der Waals surface area contributed by atoms with Crippen LogP contribution < -0.4 is 15.5 Å². The summed E-state index contributed by atoms with van der Waals surface area (Å²) in [6, 6.07) is 1.14. The summed E-state index contributed by atoms with van der Waals surface area (Å²) in [7, 11) is -2.70. The first kappa shape index (κ1) is 18.4. The zero-order chi connectivity index (χ0) is 19.2. The lowest BCUT2D eigenvalue weighted by Gasteiger charge is -2.31. The Kier molecular flexibility index (Phi) is 4.51. The molecule has 0 saturated carbocycles. The van der Waals surface area contributed by atoms with Gasteiger partial charge in [-0.2, -0.15) is 0 Å². The van der Waals surface area contributed by atoms with Gasteiger partial charge in [0.15, 0.2) is 11.6 Å². The van der Waals surface area contributed by atoms with Crippen LogP contribution in [0.1, 0.15) is 6.92 Å². The fourth-order valence-electron chi connectivity index (χ4n) is 3.15. The number of hydrogen-bond donors (Lipinski definition) is 2. The predicted octanol–water partition coefficient (Wildman–Crippen LogP) is 1.03. The third-order valence-corrected chi connectivity index (χ3v) is 6.21. The Bertz CT molecular complexity index is 839. The number of anilines is 2. The molecule has 0 spiro atoms. The van der Waals surface area contributed by atoms with E-state index >= 15 is 0 Å². The molecule has 2 aliphatic rings. The Morgan fingerprint density at radius 3 is 2.31 bits per heavy atom. The Labute approximate surface area is 148 Å². The molecule has 1 aromatic rings. The van der Waals surface area contributed by atoms with Crippen LogP contribution in [0.4, 0.5) is 25.0 Å². The van der Waals surface area contributed by atoms with E-state index in [0.717, 1.165) is 17.0 Å². The van der Waals surface area contributed by atoms with Gasteiger partial charge in [-0.25, -0.2) is 17.8 Å². The smallest absolute Gasteiger partial charge is 0.415 e. The normalized spacial score (nSPS) is 25.3. The highest BCUT2D eigenvalue weighted by molar-refractivity contribution is 7.92. The number of nitrogens with two attached hydrogens (primary N) is 1. The van der Waals surface area contributed by atoms with Crippen molar-refractivity contribution in [2.45, 2.75) is 19.1 Å². The number of carbonyl (C=O) groups is 2. The molecule has 0 radical (unpaired) electrons. The van der Waals surface area contributed by atoms with E-state index in [1.165, 1.54) is 11.8 Å². The molecule has 3 rings (SSSR count). The van der Waals surface area contributed by atoms with Gasteiger partial charge in [-0.05, 0) is 6.92 Å². The van der Waals surface area contributed by atoms with E-state index in [0.29, 0.717) is 0 Å². The lowest BCUT2D eigenvalue weighted by molar-refractivity contribution is -0.125. The SMILES string of the molecule is CC1[C@H](C(N)=O)OC(=O)N1c1cc(F)c(N2CCS(=N)(=O)CC2)c(F)c1. The number of primary amides is 1. The van der Waals surface area contributed by atoms with Gasteiger partial charge >= 0.3 is 6.09 Å². The number of halogens is 2. The number of rotatable bonds is 3. The van der Waals surface area contributed by atoms with Gasteiger partial charge in [0.2, 0.25) is 6.10 Å². The topological polar surface area (TPSA) is 117 Å². The van der Waals surface area contributed by atoms with E-state index in [9.17, 15) is 22.6 Å². The average molecular weight is 388 g/mol. The van der Waals surface area contributed by atoms with Crippen LogP contribution in [-0.2, 0) is 19.3 Å². The molecular formula is C15H18F2N4O4S. The van der Waals surface area contributed by atoms with Crippen LogP contribution in [-0.4, -0.2) is 53.0 Å². The molecular weight excluding hydrogens is 370 g/mol. The minimum atomic E-state index is -2.70.